The Morgan fingerprint density at radius 1 is 1.31 bits per heavy atom. The Morgan fingerprint density at radius 3 is 2.88 bits per heavy atom. The van der Waals surface area contributed by atoms with Crippen LogP contribution in [0, 0.1) is 5.82 Å². The quantitative estimate of drug-likeness (QED) is 0.585. The average molecular weight is 478 g/mol. The summed E-state index contributed by atoms with van der Waals surface area (Å²) in [5.74, 6) is -1.24. The first kappa shape index (κ1) is 22.3. The van der Waals surface area contributed by atoms with Gasteiger partial charge in [0.25, 0.3) is 5.91 Å². The number of anilines is 1. The minimum absolute atomic E-state index is 0. The second-order valence-electron chi connectivity index (χ2n) is 7.60. The van der Waals surface area contributed by atoms with Gasteiger partial charge in [-0.15, -0.1) is 28.8 Å². The van der Waals surface area contributed by atoms with Crippen LogP contribution >= 0.6 is 23.7 Å². The van der Waals surface area contributed by atoms with Gasteiger partial charge in [0.15, 0.2) is 5.13 Å². The molecule has 0 unspecified atom stereocenters. The van der Waals surface area contributed by atoms with Crippen LogP contribution in [0.25, 0.3) is 11.3 Å². The van der Waals surface area contributed by atoms with Gasteiger partial charge in [-0.2, -0.15) is 0 Å². The molecular weight excluding hydrogens is 457 g/mol. The molecule has 2 aliphatic heterocycles. The molecule has 0 saturated carbocycles. The van der Waals surface area contributed by atoms with Gasteiger partial charge < -0.3 is 15.5 Å². The number of halogens is 2. The first-order valence-corrected chi connectivity index (χ1v) is 10.9. The van der Waals surface area contributed by atoms with Gasteiger partial charge >= 0.3 is 0 Å². The highest BCUT2D eigenvalue weighted by atomic mass is 35.5. The Balaban J connectivity index is 0.00000245. The molecule has 3 aromatic rings. The average Bonchev–Trinajstić information content (AvgIpc) is 3.51. The van der Waals surface area contributed by atoms with Crippen molar-refractivity contribution in [2.24, 2.45) is 0 Å². The maximum Gasteiger partial charge on any atom is 0.255 e. The van der Waals surface area contributed by atoms with Crippen molar-refractivity contribution in [2.75, 3.05) is 25.0 Å². The summed E-state index contributed by atoms with van der Waals surface area (Å²) < 4.78 is 16.7. The number of rotatable bonds is 5. The molecule has 4 heterocycles. The molecule has 2 N–H and O–H groups in total. The van der Waals surface area contributed by atoms with Gasteiger partial charge in [0, 0.05) is 28.3 Å². The molecule has 9 nitrogen and oxygen atoms in total. The number of hydrogen-bond donors (Lipinski definition) is 2. The SMILES string of the molecule is Cl.O=C(CN1Cc2c(F)cc(-c3cn(C4CCNCC4)nn3)cc2C1=O)Nc1nccs1. The third-order valence-electron chi connectivity index (χ3n) is 5.56. The van der Waals surface area contributed by atoms with Crippen LogP contribution in [0.1, 0.15) is 34.8 Å². The number of fused-ring (bicyclic) bond motifs is 1. The van der Waals surface area contributed by atoms with E-state index >= 15 is 0 Å². The van der Waals surface area contributed by atoms with Crippen molar-refractivity contribution in [3.05, 3.63) is 46.9 Å². The van der Waals surface area contributed by atoms with Gasteiger partial charge in [-0.25, -0.2) is 14.1 Å². The molecule has 0 aliphatic carbocycles. The normalized spacial score (nSPS) is 16.0. The molecule has 1 fully saturated rings. The zero-order valence-corrected chi connectivity index (χ0v) is 18.6. The molecular formula is C20H21ClFN7O2S. The third kappa shape index (κ3) is 4.36. The molecule has 2 amide bonds. The maximum atomic E-state index is 14.8. The summed E-state index contributed by atoms with van der Waals surface area (Å²) in [6.07, 6.45) is 5.29. The van der Waals surface area contributed by atoms with E-state index in [0.717, 1.165) is 25.9 Å². The highest BCUT2D eigenvalue weighted by Gasteiger charge is 2.32. The van der Waals surface area contributed by atoms with E-state index in [4.69, 9.17) is 0 Å². The number of nitrogens with zero attached hydrogens (tertiary/aromatic N) is 5. The summed E-state index contributed by atoms with van der Waals surface area (Å²) in [7, 11) is 0. The van der Waals surface area contributed by atoms with Crippen LogP contribution in [0.3, 0.4) is 0 Å². The molecule has 2 aliphatic rings. The standard InChI is InChI=1S/C20H20FN7O2S.ClH/c21-16-8-12(17-10-28(26-25-17)13-1-3-22-4-2-13)7-14-15(16)9-27(19(14)30)11-18(29)24-20-23-5-6-31-20;/h5-8,10,13,22H,1-4,9,11H2,(H,23,24,29);1H. The Bertz CT molecular complexity index is 1130. The van der Waals surface area contributed by atoms with E-state index in [0.29, 0.717) is 22.0 Å². The summed E-state index contributed by atoms with van der Waals surface area (Å²) in [5, 5.41) is 16.5. The summed E-state index contributed by atoms with van der Waals surface area (Å²) >= 11 is 1.29. The highest BCUT2D eigenvalue weighted by molar-refractivity contribution is 7.13. The van der Waals surface area contributed by atoms with Crippen molar-refractivity contribution in [3.8, 4) is 11.3 Å². The van der Waals surface area contributed by atoms with Gasteiger partial charge in [-0.05, 0) is 38.1 Å². The zero-order valence-electron chi connectivity index (χ0n) is 17.0. The van der Waals surface area contributed by atoms with Crippen LogP contribution < -0.4 is 10.6 Å². The second kappa shape index (κ2) is 9.31. The Kier molecular flexibility index (Phi) is 6.49. The van der Waals surface area contributed by atoms with Crippen LogP contribution in [-0.4, -0.2) is 56.3 Å². The van der Waals surface area contributed by atoms with E-state index in [1.807, 2.05) is 4.68 Å². The summed E-state index contributed by atoms with van der Waals surface area (Å²) in [6, 6.07) is 3.27. The monoisotopic (exact) mass is 477 g/mol. The van der Waals surface area contributed by atoms with Crippen LogP contribution in [0.4, 0.5) is 9.52 Å². The topological polar surface area (TPSA) is 105 Å². The zero-order chi connectivity index (χ0) is 21.4. The van der Waals surface area contributed by atoms with E-state index in [1.54, 1.807) is 23.8 Å². The van der Waals surface area contributed by atoms with Crippen LogP contribution in [-0.2, 0) is 11.3 Å². The molecule has 168 valence electrons. The van der Waals surface area contributed by atoms with Crippen molar-refractivity contribution in [3.63, 3.8) is 0 Å². The Labute approximate surface area is 193 Å². The number of nitrogens with one attached hydrogen (secondary N) is 2. The summed E-state index contributed by atoms with van der Waals surface area (Å²) in [6.45, 7) is 1.72. The number of thiazole rings is 1. The summed E-state index contributed by atoms with van der Waals surface area (Å²) in [4.78, 5) is 30.4. The lowest BCUT2D eigenvalue weighted by Gasteiger charge is -2.22. The molecule has 0 radical (unpaired) electrons. The fraction of sp³-hybridized carbons (Fsp3) is 0.350. The molecule has 0 atom stereocenters. The van der Waals surface area contributed by atoms with E-state index in [1.165, 1.54) is 22.3 Å². The fourth-order valence-corrected chi connectivity index (χ4v) is 4.52. The minimum Gasteiger partial charge on any atom is -0.325 e. The smallest absolute Gasteiger partial charge is 0.255 e. The lowest BCUT2D eigenvalue weighted by atomic mass is 10.0. The number of carbonyl (C=O) groups is 2. The second-order valence-corrected chi connectivity index (χ2v) is 8.49. The predicted molar refractivity (Wildman–Crippen MR) is 119 cm³/mol. The van der Waals surface area contributed by atoms with Crippen LogP contribution in [0.5, 0.6) is 0 Å². The van der Waals surface area contributed by atoms with Gasteiger partial charge in [0.2, 0.25) is 5.91 Å². The molecule has 0 bridgehead atoms. The predicted octanol–water partition coefficient (Wildman–Crippen LogP) is 2.48. The number of piperidine rings is 1. The number of hydrogen-bond acceptors (Lipinski definition) is 7. The largest absolute Gasteiger partial charge is 0.325 e. The van der Waals surface area contributed by atoms with Crippen molar-refractivity contribution < 1.29 is 14.0 Å². The molecule has 2 aromatic heterocycles. The Hall–Kier alpha value is -2.89. The van der Waals surface area contributed by atoms with E-state index in [-0.39, 0.29) is 48.9 Å². The maximum absolute atomic E-state index is 14.8. The van der Waals surface area contributed by atoms with Gasteiger partial charge in [-0.1, -0.05) is 5.21 Å². The third-order valence-corrected chi connectivity index (χ3v) is 6.25. The van der Waals surface area contributed by atoms with E-state index in [2.05, 4.69) is 25.9 Å². The Morgan fingerprint density at radius 2 is 2.12 bits per heavy atom. The van der Waals surface area contributed by atoms with Crippen LogP contribution in [0.2, 0.25) is 0 Å². The van der Waals surface area contributed by atoms with Gasteiger partial charge in [-0.3, -0.25) is 9.59 Å². The summed E-state index contributed by atoms with van der Waals surface area (Å²) in [5.41, 5.74) is 1.57. The van der Waals surface area contributed by atoms with Crippen molar-refractivity contribution in [1.82, 2.24) is 30.2 Å². The molecule has 1 aromatic carbocycles. The van der Waals surface area contributed by atoms with E-state index in [9.17, 15) is 14.0 Å². The number of amides is 2. The van der Waals surface area contributed by atoms with E-state index < -0.39 is 5.82 Å². The fourth-order valence-electron chi connectivity index (χ4n) is 3.97. The lowest BCUT2D eigenvalue weighted by Crippen LogP contribution is -2.33. The highest BCUT2D eigenvalue weighted by Crippen LogP contribution is 2.31. The number of carbonyl (C=O) groups excluding carboxylic acids is 2. The molecule has 1 saturated heterocycles. The number of aromatic nitrogens is 4. The van der Waals surface area contributed by atoms with Crippen molar-refractivity contribution >= 4 is 40.7 Å². The molecule has 32 heavy (non-hydrogen) atoms. The molecule has 0 spiro atoms. The number of benzene rings is 1. The molecule has 5 rings (SSSR count). The van der Waals surface area contributed by atoms with Crippen molar-refractivity contribution in [2.45, 2.75) is 25.4 Å². The van der Waals surface area contributed by atoms with Crippen LogP contribution in [0.15, 0.2) is 29.9 Å². The first-order valence-electron chi connectivity index (χ1n) is 10.0. The molecule has 12 heteroatoms. The minimum atomic E-state index is -0.486. The first-order chi connectivity index (χ1) is 15.1. The van der Waals surface area contributed by atoms with Crippen molar-refractivity contribution in [1.29, 1.82) is 0 Å². The van der Waals surface area contributed by atoms with Gasteiger partial charge in [0.1, 0.15) is 18.1 Å². The van der Waals surface area contributed by atoms with Gasteiger partial charge in [0.05, 0.1) is 18.8 Å². The lowest BCUT2D eigenvalue weighted by molar-refractivity contribution is -0.116.